The normalized spacial score (nSPS) is 26.2. The van der Waals surface area contributed by atoms with Crippen molar-refractivity contribution in [2.45, 2.75) is 32.4 Å². The Morgan fingerprint density at radius 1 is 1.32 bits per heavy atom. The van der Waals surface area contributed by atoms with E-state index in [1.807, 2.05) is 0 Å². The number of ether oxygens (including phenoxy) is 1. The van der Waals surface area contributed by atoms with E-state index in [9.17, 15) is 0 Å². The first-order valence-corrected chi connectivity index (χ1v) is 7.59. The van der Waals surface area contributed by atoms with Crippen molar-refractivity contribution in [3.05, 3.63) is 12.2 Å². The summed E-state index contributed by atoms with van der Waals surface area (Å²) < 4.78 is 5.43. The molecule has 2 rings (SSSR count). The standard InChI is InChI=1S/C15H29N3O/c1-13(2)16-10-14(3)11-17-5-4-15(12-17)18-6-8-19-9-7-18/h13,15-16H,3-12H2,1-2H3. The van der Waals surface area contributed by atoms with Gasteiger partial charge >= 0.3 is 0 Å². The van der Waals surface area contributed by atoms with Crippen LogP contribution in [-0.4, -0.2) is 74.4 Å². The first kappa shape index (κ1) is 15.0. The fourth-order valence-electron chi connectivity index (χ4n) is 2.92. The van der Waals surface area contributed by atoms with Crippen LogP contribution in [0.3, 0.4) is 0 Å². The molecular weight excluding hydrogens is 238 g/mol. The Kier molecular flexibility index (Phi) is 5.82. The summed E-state index contributed by atoms with van der Waals surface area (Å²) in [5.74, 6) is 0. The lowest BCUT2D eigenvalue weighted by Crippen LogP contribution is -2.44. The second-order valence-electron chi connectivity index (χ2n) is 6.11. The number of morpholine rings is 1. The van der Waals surface area contributed by atoms with Crippen LogP contribution in [0, 0.1) is 0 Å². The van der Waals surface area contributed by atoms with Crippen molar-refractivity contribution in [1.82, 2.24) is 15.1 Å². The molecule has 2 aliphatic rings. The van der Waals surface area contributed by atoms with Crippen LogP contribution in [0.4, 0.5) is 0 Å². The van der Waals surface area contributed by atoms with Gasteiger partial charge in [-0.15, -0.1) is 0 Å². The molecule has 0 aromatic rings. The fraction of sp³-hybridized carbons (Fsp3) is 0.867. The van der Waals surface area contributed by atoms with Gasteiger partial charge in [-0.25, -0.2) is 0 Å². The molecule has 0 aromatic heterocycles. The largest absolute Gasteiger partial charge is 0.379 e. The van der Waals surface area contributed by atoms with Gasteiger partial charge in [-0.1, -0.05) is 20.4 Å². The lowest BCUT2D eigenvalue weighted by atomic mass is 10.2. The van der Waals surface area contributed by atoms with Crippen molar-refractivity contribution in [2.24, 2.45) is 0 Å². The molecule has 1 atom stereocenters. The van der Waals surface area contributed by atoms with Crippen LogP contribution in [-0.2, 0) is 4.74 Å². The molecule has 2 saturated heterocycles. The molecule has 0 amide bonds. The quantitative estimate of drug-likeness (QED) is 0.725. The summed E-state index contributed by atoms with van der Waals surface area (Å²) >= 11 is 0. The van der Waals surface area contributed by atoms with Gasteiger partial charge in [0.15, 0.2) is 0 Å². The predicted octanol–water partition coefficient (Wildman–Crippen LogP) is 0.947. The smallest absolute Gasteiger partial charge is 0.0594 e. The second-order valence-corrected chi connectivity index (χ2v) is 6.11. The molecule has 0 saturated carbocycles. The molecule has 0 bridgehead atoms. The summed E-state index contributed by atoms with van der Waals surface area (Å²) in [6, 6.07) is 1.27. The van der Waals surface area contributed by atoms with Crippen LogP contribution in [0.25, 0.3) is 0 Å². The van der Waals surface area contributed by atoms with E-state index in [-0.39, 0.29) is 0 Å². The number of likely N-dealkylation sites (tertiary alicyclic amines) is 1. The van der Waals surface area contributed by atoms with E-state index in [0.29, 0.717) is 6.04 Å². The molecule has 0 aliphatic carbocycles. The van der Waals surface area contributed by atoms with Crippen molar-refractivity contribution >= 4 is 0 Å². The van der Waals surface area contributed by atoms with Gasteiger partial charge in [0.05, 0.1) is 13.2 Å². The third-order valence-corrected chi connectivity index (χ3v) is 4.02. The van der Waals surface area contributed by atoms with Crippen molar-refractivity contribution in [3.8, 4) is 0 Å². The maximum absolute atomic E-state index is 5.43. The Bertz CT molecular complexity index is 287. The number of nitrogens with one attached hydrogen (secondary N) is 1. The molecule has 0 spiro atoms. The summed E-state index contributed by atoms with van der Waals surface area (Å²) in [4.78, 5) is 5.14. The third kappa shape index (κ3) is 4.88. The highest BCUT2D eigenvalue weighted by Crippen LogP contribution is 2.17. The maximum Gasteiger partial charge on any atom is 0.0594 e. The topological polar surface area (TPSA) is 27.7 Å². The van der Waals surface area contributed by atoms with E-state index in [1.54, 1.807) is 0 Å². The minimum absolute atomic E-state index is 0.538. The first-order chi connectivity index (χ1) is 9.15. The highest BCUT2D eigenvalue weighted by atomic mass is 16.5. The van der Waals surface area contributed by atoms with Gasteiger partial charge in [0.2, 0.25) is 0 Å². The predicted molar refractivity (Wildman–Crippen MR) is 79.5 cm³/mol. The number of nitrogens with zero attached hydrogens (tertiary/aromatic N) is 2. The van der Waals surface area contributed by atoms with Gasteiger partial charge < -0.3 is 10.1 Å². The van der Waals surface area contributed by atoms with Gasteiger partial charge in [0.1, 0.15) is 0 Å². The Labute approximate surface area is 117 Å². The van der Waals surface area contributed by atoms with Crippen molar-refractivity contribution < 1.29 is 4.74 Å². The Balaban J connectivity index is 1.68. The minimum Gasteiger partial charge on any atom is -0.379 e. The molecule has 0 radical (unpaired) electrons. The zero-order chi connectivity index (χ0) is 13.7. The van der Waals surface area contributed by atoms with Crippen LogP contribution in [0.1, 0.15) is 20.3 Å². The second kappa shape index (κ2) is 7.39. The Hall–Kier alpha value is -0.420. The summed E-state index contributed by atoms with van der Waals surface area (Å²) in [5, 5.41) is 3.44. The Morgan fingerprint density at radius 2 is 2.05 bits per heavy atom. The van der Waals surface area contributed by atoms with Gasteiger partial charge in [-0.3, -0.25) is 9.80 Å². The van der Waals surface area contributed by atoms with Crippen LogP contribution in [0.2, 0.25) is 0 Å². The van der Waals surface area contributed by atoms with Crippen LogP contribution in [0.15, 0.2) is 12.2 Å². The summed E-state index contributed by atoms with van der Waals surface area (Å²) in [5.41, 5.74) is 1.30. The van der Waals surface area contributed by atoms with Crippen molar-refractivity contribution in [2.75, 3.05) is 52.5 Å². The monoisotopic (exact) mass is 267 g/mol. The van der Waals surface area contributed by atoms with E-state index < -0.39 is 0 Å². The molecule has 1 N–H and O–H groups in total. The molecule has 1 unspecified atom stereocenters. The molecule has 4 heteroatoms. The lowest BCUT2D eigenvalue weighted by molar-refractivity contribution is 0.0187. The SMILES string of the molecule is C=C(CNC(C)C)CN1CCC(N2CCOCC2)C1. The summed E-state index contributed by atoms with van der Waals surface area (Å²) in [6.07, 6.45) is 1.30. The van der Waals surface area contributed by atoms with Gasteiger partial charge in [-0.2, -0.15) is 0 Å². The van der Waals surface area contributed by atoms with Crippen LogP contribution in [0.5, 0.6) is 0 Å². The molecular formula is C15H29N3O. The highest BCUT2D eigenvalue weighted by molar-refractivity contribution is 5.02. The molecule has 0 aromatic carbocycles. The van der Waals surface area contributed by atoms with E-state index in [2.05, 4.69) is 35.5 Å². The highest BCUT2D eigenvalue weighted by Gasteiger charge is 2.28. The van der Waals surface area contributed by atoms with E-state index in [1.165, 1.54) is 25.1 Å². The van der Waals surface area contributed by atoms with Gasteiger partial charge in [-0.05, 0) is 12.0 Å². The maximum atomic E-state index is 5.43. The molecule has 19 heavy (non-hydrogen) atoms. The summed E-state index contributed by atoms with van der Waals surface area (Å²) in [6.45, 7) is 17.0. The number of hydrogen-bond acceptors (Lipinski definition) is 4. The average molecular weight is 267 g/mol. The number of hydrogen-bond donors (Lipinski definition) is 1. The fourth-order valence-corrected chi connectivity index (χ4v) is 2.92. The molecule has 4 nitrogen and oxygen atoms in total. The molecule has 2 heterocycles. The minimum atomic E-state index is 0.538. The van der Waals surface area contributed by atoms with Gasteiger partial charge in [0, 0.05) is 51.4 Å². The summed E-state index contributed by atoms with van der Waals surface area (Å²) in [7, 11) is 0. The third-order valence-electron chi connectivity index (χ3n) is 4.02. The lowest BCUT2D eigenvalue weighted by Gasteiger charge is -2.32. The van der Waals surface area contributed by atoms with E-state index in [4.69, 9.17) is 4.74 Å². The Morgan fingerprint density at radius 3 is 2.74 bits per heavy atom. The number of rotatable bonds is 6. The zero-order valence-corrected chi connectivity index (χ0v) is 12.5. The molecule has 2 fully saturated rings. The van der Waals surface area contributed by atoms with E-state index in [0.717, 1.165) is 45.4 Å². The first-order valence-electron chi connectivity index (χ1n) is 7.59. The van der Waals surface area contributed by atoms with Gasteiger partial charge in [0.25, 0.3) is 0 Å². The zero-order valence-electron chi connectivity index (χ0n) is 12.5. The van der Waals surface area contributed by atoms with E-state index >= 15 is 0 Å². The average Bonchev–Trinajstić information content (AvgIpc) is 2.86. The molecule has 2 aliphatic heterocycles. The van der Waals surface area contributed by atoms with Crippen LogP contribution >= 0.6 is 0 Å². The van der Waals surface area contributed by atoms with Crippen molar-refractivity contribution in [1.29, 1.82) is 0 Å². The molecule has 110 valence electrons. The van der Waals surface area contributed by atoms with Crippen LogP contribution < -0.4 is 5.32 Å². The van der Waals surface area contributed by atoms with Crippen molar-refractivity contribution in [3.63, 3.8) is 0 Å².